The van der Waals surface area contributed by atoms with Crippen LogP contribution < -0.4 is 0 Å². The molecule has 2 nitrogen and oxygen atoms in total. The van der Waals surface area contributed by atoms with E-state index in [0.717, 1.165) is 0 Å². The van der Waals surface area contributed by atoms with Gasteiger partial charge in [0, 0.05) is 0 Å². The molecular formula is C18H28O2Si. The Morgan fingerprint density at radius 2 is 1.86 bits per heavy atom. The third-order valence-electron chi connectivity index (χ3n) is 3.54. The second kappa shape index (κ2) is 9.63. The third-order valence-corrected chi connectivity index (χ3v) is 8.02. The van der Waals surface area contributed by atoms with Crippen LogP contribution in [-0.4, -0.2) is 26.1 Å². The molecule has 0 aromatic heterocycles. The summed E-state index contributed by atoms with van der Waals surface area (Å²) in [7, 11) is -1.70. The fourth-order valence-electron chi connectivity index (χ4n) is 1.12. The molecular weight excluding hydrogens is 276 g/mol. The standard InChI is InChI=1S/C18H28O2Si/c1-7-8-11-14-17(19)15-12-9-10-13-16-20-21(5,6)18(2,3)4/h9,11-12,14,17,19H,15-16H2,1-6H3/b12-9+,14-11+/t17-/m1/s1. The van der Waals surface area contributed by atoms with Crippen LogP contribution >= 0.6 is 0 Å². The first-order valence-electron chi connectivity index (χ1n) is 7.25. The Labute approximate surface area is 131 Å². The van der Waals surface area contributed by atoms with Gasteiger partial charge < -0.3 is 9.53 Å². The van der Waals surface area contributed by atoms with Crippen molar-refractivity contribution in [3.05, 3.63) is 24.3 Å². The van der Waals surface area contributed by atoms with Crippen molar-refractivity contribution in [2.45, 2.75) is 58.4 Å². The van der Waals surface area contributed by atoms with Crippen molar-refractivity contribution < 1.29 is 9.53 Å². The fourth-order valence-corrected chi connectivity index (χ4v) is 1.99. The predicted molar refractivity (Wildman–Crippen MR) is 93.3 cm³/mol. The van der Waals surface area contributed by atoms with Crippen molar-refractivity contribution in [3.63, 3.8) is 0 Å². The van der Waals surface area contributed by atoms with E-state index in [9.17, 15) is 5.11 Å². The molecule has 0 bridgehead atoms. The Hall–Kier alpha value is -1.26. The molecule has 0 saturated carbocycles. The van der Waals surface area contributed by atoms with Crippen molar-refractivity contribution in [3.8, 4) is 23.7 Å². The molecule has 0 fully saturated rings. The minimum atomic E-state index is -1.70. The van der Waals surface area contributed by atoms with E-state index in [0.29, 0.717) is 13.0 Å². The minimum Gasteiger partial charge on any atom is -0.406 e. The van der Waals surface area contributed by atoms with Gasteiger partial charge in [-0.2, -0.15) is 0 Å². The van der Waals surface area contributed by atoms with E-state index in [4.69, 9.17) is 4.43 Å². The number of aliphatic hydroxyl groups is 1. The predicted octanol–water partition coefficient (Wildman–Crippen LogP) is 3.90. The number of hydrogen-bond donors (Lipinski definition) is 1. The summed E-state index contributed by atoms with van der Waals surface area (Å²) in [5.41, 5.74) is 0. The average molecular weight is 305 g/mol. The molecule has 0 radical (unpaired) electrons. The number of allylic oxidation sites excluding steroid dienone is 2. The summed E-state index contributed by atoms with van der Waals surface area (Å²) in [6.45, 7) is 13.3. The Kier molecular flexibility index (Phi) is 9.05. The van der Waals surface area contributed by atoms with Crippen molar-refractivity contribution in [2.75, 3.05) is 6.61 Å². The van der Waals surface area contributed by atoms with E-state index in [2.05, 4.69) is 57.5 Å². The van der Waals surface area contributed by atoms with E-state index in [1.54, 1.807) is 25.2 Å². The molecule has 0 spiro atoms. The average Bonchev–Trinajstić information content (AvgIpc) is 2.36. The fraction of sp³-hybridized carbons (Fsp3) is 0.556. The lowest BCUT2D eigenvalue weighted by Gasteiger charge is -2.35. The lowest BCUT2D eigenvalue weighted by molar-refractivity contribution is 0.227. The van der Waals surface area contributed by atoms with Gasteiger partial charge in [0.1, 0.15) is 0 Å². The Balaban J connectivity index is 4.09. The van der Waals surface area contributed by atoms with E-state index in [1.165, 1.54) is 0 Å². The van der Waals surface area contributed by atoms with Crippen molar-refractivity contribution in [1.29, 1.82) is 0 Å². The van der Waals surface area contributed by atoms with Crippen molar-refractivity contribution in [1.82, 2.24) is 0 Å². The molecule has 0 aliphatic rings. The highest BCUT2D eigenvalue weighted by Gasteiger charge is 2.36. The van der Waals surface area contributed by atoms with Gasteiger partial charge in [-0.25, -0.2) is 0 Å². The Bertz CT molecular complexity index is 473. The van der Waals surface area contributed by atoms with Crippen LogP contribution in [0, 0.1) is 23.7 Å². The quantitative estimate of drug-likeness (QED) is 0.616. The zero-order chi connectivity index (χ0) is 16.4. The van der Waals surface area contributed by atoms with E-state index < -0.39 is 14.4 Å². The summed E-state index contributed by atoms with van der Waals surface area (Å²) in [6.07, 6.45) is 6.99. The van der Waals surface area contributed by atoms with E-state index >= 15 is 0 Å². The molecule has 3 heteroatoms. The highest BCUT2D eigenvalue weighted by molar-refractivity contribution is 6.74. The van der Waals surface area contributed by atoms with Crippen LogP contribution in [0.15, 0.2) is 24.3 Å². The molecule has 0 amide bonds. The second-order valence-electron chi connectivity index (χ2n) is 6.33. The monoisotopic (exact) mass is 304 g/mol. The molecule has 0 aliphatic heterocycles. The molecule has 0 heterocycles. The van der Waals surface area contributed by atoms with E-state index in [1.807, 2.05) is 6.08 Å². The normalized spacial score (nSPS) is 13.7. The maximum Gasteiger partial charge on any atom is 0.193 e. The molecule has 0 aliphatic carbocycles. The summed E-state index contributed by atoms with van der Waals surface area (Å²) in [5.74, 6) is 11.4. The molecule has 0 saturated heterocycles. The number of aliphatic hydroxyl groups excluding tert-OH is 1. The topological polar surface area (TPSA) is 29.5 Å². The summed E-state index contributed by atoms with van der Waals surface area (Å²) in [4.78, 5) is 0. The highest BCUT2D eigenvalue weighted by atomic mass is 28.4. The van der Waals surface area contributed by atoms with Gasteiger partial charge in [-0.3, -0.25) is 0 Å². The number of hydrogen-bond acceptors (Lipinski definition) is 2. The van der Waals surface area contributed by atoms with Gasteiger partial charge in [-0.05, 0) is 49.7 Å². The maximum atomic E-state index is 9.60. The third kappa shape index (κ3) is 9.32. The summed E-state index contributed by atoms with van der Waals surface area (Å²) in [5, 5.41) is 9.81. The number of rotatable bonds is 5. The zero-order valence-corrected chi connectivity index (χ0v) is 15.2. The first kappa shape index (κ1) is 19.7. The SMILES string of the molecule is CC#C/C=C/[C@@H](O)C/C=C/C#CCO[Si](C)(C)C(C)(C)C. The lowest BCUT2D eigenvalue weighted by Crippen LogP contribution is -2.40. The summed E-state index contributed by atoms with van der Waals surface area (Å²) < 4.78 is 5.94. The Morgan fingerprint density at radius 1 is 1.19 bits per heavy atom. The van der Waals surface area contributed by atoms with Crippen LogP contribution in [0.5, 0.6) is 0 Å². The van der Waals surface area contributed by atoms with Crippen LogP contribution in [0.2, 0.25) is 18.1 Å². The van der Waals surface area contributed by atoms with Crippen molar-refractivity contribution in [2.24, 2.45) is 0 Å². The van der Waals surface area contributed by atoms with Gasteiger partial charge in [0.15, 0.2) is 8.32 Å². The molecule has 0 aromatic rings. The molecule has 0 unspecified atom stereocenters. The first-order valence-corrected chi connectivity index (χ1v) is 10.2. The maximum absolute atomic E-state index is 9.60. The zero-order valence-electron chi connectivity index (χ0n) is 14.2. The highest BCUT2D eigenvalue weighted by Crippen LogP contribution is 2.36. The molecule has 1 atom stereocenters. The summed E-state index contributed by atoms with van der Waals surface area (Å²) >= 11 is 0. The van der Waals surface area contributed by atoms with Gasteiger partial charge in [-0.1, -0.05) is 44.6 Å². The molecule has 0 rings (SSSR count). The van der Waals surface area contributed by atoms with Crippen molar-refractivity contribution >= 4 is 8.32 Å². The Morgan fingerprint density at radius 3 is 2.43 bits per heavy atom. The largest absolute Gasteiger partial charge is 0.406 e. The van der Waals surface area contributed by atoms with Gasteiger partial charge in [0.25, 0.3) is 0 Å². The van der Waals surface area contributed by atoms with Gasteiger partial charge in [-0.15, -0.1) is 5.92 Å². The van der Waals surface area contributed by atoms with Crippen LogP contribution in [0.3, 0.4) is 0 Å². The minimum absolute atomic E-state index is 0.211. The van der Waals surface area contributed by atoms with Crippen LogP contribution in [0.4, 0.5) is 0 Å². The van der Waals surface area contributed by atoms with Crippen LogP contribution in [0.25, 0.3) is 0 Å². The van der Waals surface area contributed by atoms with Crippen LogP contribution in [-0.2, 0) is 4.43 Å². The lowest BCUT2D eigenvalue weighted by atomic mass is 10.2. The smallest absolute Gasteiger partial charge is 0.193 e. The van der Waals surface area contributed by atoms with Gasteiger partial charge in [0.05, 0.1) is 12.7 Å². The second-order valence-corrected chi connectivity index (χ2v) is 11.1. The van der Waals surface area contributed by atoms with Gasteiger partial charge in [0.2, 0.25) is 0 Å². The first-order chi connectivity index (χ1) is 9.70. The van der Waals surface area contributed by atoms with E-state index in [-0.39, 0.29) is 5.04 Å². The molecule has 0 aromatic carbocycles. The summed E-state index contributed by atoms with van der Waals surface area (Å²) in [6, 6.07) is 0. The molecule has 1 N–H and O–H groups in total. The molecule has 21 heavy (non-hydrogen) atoms. The van der Waals surface area contributed by atoms with Crippen LogP contribution in [0.1, 0.15) is 34.1 Å². The molecule has 116 valence electrons. The van der Waals surface area contributed by atoms with Gasteiger partial charge >= 0.3 is 0 Å².